The molecule has 0 spiro atoms. The molecule has 4 aromatic rings. The highest BCUT2D eigenvalue weighted by Gasteiger charge is 2.31. The number of anilines is 1. The summed E-state index contributed by atoms with van der Waals surface area (Å²) in [5.41, 5.74) is 3.09. The molecule has 0 aliphatic carbocycles. The Bertz CT molecular complexity index is 1450. The number of aromatic nitrogens is 2. The first-order valence-electron chi connectivity index (χ1n) is 11.7. The molecule has 7 nitrogen and oxygen atoms in total. The number of amides is 1. The lowest BCUT2D eigenvalue weighted by Crippen LogP contribution is -2.51. The van der Waals surface area contributed by atoms with Crippen LogP contribution in [0.15, 0.2) is 79.3 Å². The Balaban J connectivity index is 1.38. The third kappa shape index (κ3) is 5.78. The summed E-state index contributed by atoms with van der Waals surface area (Å²) in [5, 5.41) is 10.8. The van der Waals surface area contributed by atoms with E-state index in [0.29, 0.717) is 46.6 Å². The number of benzene rings is 3. The Labute approximate surface area is 224 Å². The number of halogens is 2. The van der Waals surface area contributed by atoms with Gasteiger partial charge in [0, 0.05) is 35.0 Å². The third-order valence-corrected chi connectivity index (χ3v) is 6.78. The monoisotopic (exact) mass is 531 g/mol. The number of nitrogens with zero attached hydrogens (tertiary/aromatic N) is 4. The van der Waals surface area contributed by atoms with Crippen molar-refractivity contribution in [2.75, 3.05) is 24.5 Å². The molecular formula is C28H23Cl2N5O2. The Kier molecular flexibility index (Phi) is 7.42. The highest BCUT2D eigenvalue weighted by molar-refractivity contribution is 6.31. The van der Waals surface area contributed by atoms with Crippen LogP contribution in [0.25, 0.3) is 0 Å². The first-order chi connectivity index (χ1) is 18.0. The predicted molar refractivity (Wildman–Crippen MR) is 143 cm³/mol. The van der Waals surface area contributed by atoms with Crippen LogP contribution >= 0.6 is 23.2 Å². The van der Waals surface area contributed by atoms with E-state index < -0.39 is 0 Å². The summed E-state index contributed by atoms with van der Waals surface area (Å²) >= 11 is 12.2. The van der Waals surface area contributed by atoms with Crippen molar-refractivity contribution in [1.29, 1.82) is 5.26 Å². The van der Waals surface area contributed by atoms with Crippen molar-refractivity contribution < 1.29 is 9.53 Å². The fourth-order valence-corrected chi connectivity index (χ4v) is 4.88. The average Bonchev–Trinajstić information content (AvgIpc) is 3.42. The molecular weight excluding hydrogens is 509 g/mol. The molecule has 1 N–H and O–H groups in total. The number of piperazine rings is 1. The predicted octanol–water partition coefficient (Wildman–Crippen LogP) is 6.01. The zero-order chi connectivity index (χ0) is 25.8. The molecule has 37 heavy (non-hydrogen) atoms. The second-order valence-electron chi connectivity index (χ2n) is 8.72. The van der Waals surface area contributed by atoms with E-state index >= 15 is 0 Å². The number of rotatable bonds is 7. The minimum Gasteiger partial charge on any atom is -0.456 e. The molecule has 1 aromatic heterocycles. The maximum absolute atomic E-state index is 13.2. The molecule has 0 bridgehead atoms. The Morgan fingerprint density at radius 2 is 1.86 bits per heavy atom. The van der Waals surface area contributed by atoms with Crippen LogP contribution in [0.4, 0.5) is 5.69 Å². The minimum absolute atomic E-state index is 0.00263. The van der Waals surface area contributed by atoms with E-state index in [4.69, 9.17) is 27.9 Å². The van der Waals surface area contributed by atoms with Crippen LogP contribution in [0, 0.1) is 11.3 Å². The van der Waals surface area contributed by atoms with Gasteiger partial charge in [0.2, 0.25) is 5.91 Å². The van der Waals surface area contributed by atoms with E-state index in [1.54, 1.807) is 59.9 Å². The molecule has 1 aliphatic heterocycles. The van der Waals surface area contributed by atoms with E-state index in [2.05, 4.69) is 20.9 Å². The SMILES string of the molecule is N#Cc1ccc(CC(c2cnc[nH]2)N2CCN(c3cccc(Cl)c3)C(=O)C2)cc1Oc1cccc(Cl)c1. The molecule has 1 amide bonds. The molecule has 1 aliphatic rings. The Morgan fingerprint density at radius 1 is 1.05 bits per heavy atom. The van der Waals surface area contributed by atoms with Crippen molar-refractivity contribution in [3.63, 3.8) is 0 Å². The molecule has 186 valence electrons. The molecule has 0 saturated carbocycles. The lowest BCUT2D eigenvalue weighted by molar-refractivity contribution is -0.122. The van der Waals surface area contributed by atoms with Crippen molar-refractivity contribution >= 4 is 34.8 Å². The fourth-order valence-electron chi connectivity index (χ4n) is 4.51. The van der Waals surface area contributed by atoms with E-state index in [1.807, 2.05) is 24.3 Å². The van der Waals surface area contributed by atoms with Gasteiger partial charge in [-0.15, -0.1) is 0 Å². The highest BCUT2D eigenvalue weighted by atomic mass is 35.5. The number of nitrogens with one attached hydrogen (secondary N) is 1. The van der Waals surface area contributed by atoms with Gasteiger partial charge in [-0.1, -0.05) is 41.4 Å². The second-order valence-corrected chi connectivity index (χ2v) is 9.60. The number of aromatic amines is 1. The Hall–Kier alpha value is -3.83. The summed E-state index contributed by atoms with van der Waals surface area (Å²) in [6.07, 6.45) is 4.01. The molecule has 5 rings (SSSR count). The highest BCUT2D eigenvalue weighted by Crippen LogP contribution is 2.32. The minimum atomic E-state index is -0.125. The van der Waals surface area contributed by atoms with Gasteiger partial charge in [0.05, 0.1) is 30.2 Å². The summed E-state index contributed by atoms with van der Waals surface area (Å²) in [6.45, 7) is 1.46. The first kappa shape index (κ1) is 24.8. The number of hydrogen-bond donors (Lipinski definition) is 1. The van der Waals surface area contributed by atoms with Crippen LogP contribution < -0.4 is 9.64 Å². The normalized spacial score (nSPS) is 14.8. The van der Waals surface area contributed by atoms with E-state index in [9.17, 15) is 10.1 Å². The number of imidazole rings is 1. The van der Waals surface area contributed by atoms with E-state index in [-0.39, 0.29) is 18.5 Å². The molecule has 1 atom stereocenters. The fraction of sp³-hybridized carbons (Fsp3) is 0.179. The van der Waals surface area contributed by atoms with Crippen LogP contribution in [0.5, 0.6) is 11.5 Å². The molecule has 3 aromatic carbocycles. The van der Waals surface area contributed by atoms with Gasteiger partial charge in [0.1, 0.15) is 17.6 Å². The van der Waals surface area contributed by atoms with Crippen LogP contribution in [-0.2, 0) is 11.2 Å². The number of carbonyl (C=O) groups is 1. The quantitative estimate of drug-likeness (QED) is 0.315. The van der Waals surface area contributed by atoms with Crippen LogP contribution in [0.1, 0.15) is 22.9 Å². The third-order valence-electron chi connectivity index (χ3n) is 6.31. The van der Waals surface area contributed by atoms with Crippen LogP contribution in [0.2, 0.25) is 10.0 Å². The van der Waals surface area contributed by atoms with Crippen LogP contribution in [0.3, 0.4) is 0 Å². The zero-order valence-electron chi connectivity index (χ0n) is 19.8. The topological polar surface area (TPSA) is 85.3 Å². The smallest absolute Gasteiger partial charge is 0.241 e. The Morgan fingerprint density at radius 3 is 2.57 bits per heavy atom. The maximum Gasteiger partial charge on any atom is 0.241 e. The van der Waals surface area contributed by atoms with Crippen molar-refractivity contribution in [3.05, 3.63) is 106 Å². The standard InChI is InChI=1S/C28H23Cl2N5O2/c29-21-3-1-5-23(13-21)35-10-9-34(17-28(35)36)26(25-16-32-18-33-25)11-19-7-8-20(15-31)27(12-19)37-24-6-2-4-22(30)14-24/h1-8,12-14,16,18,26H,9-11,17H2,(H,32,33). The zero-order valence-corrected chi connectivity index (χ0v) is 21.3. The number of hydrogen-bond acceptors (Lipinski definition) is 5. The lowest BCUT2D eigenvalue weighted by Gasteiger charge is -2.38. The van der Waals surface area contributed by atoms with Crippen molar-refractivity contribution in [2.45, 2.75) is 12.5 Å². The van der Waals surface area contributed by atoms with Gasteiger partial charge in [0.25, 0.3) is 0 Å². The van der Waals surface area contributed by atoms with Gasteiger partial charge in [0.15, 0.2) is 0 Å². The van der Waals surface area contributed by atoms with Gasteiger partial charge < -0.3 is 14.6 Å². The summed E-state index contributed by atoms with van der Waals surface area (Å²) in [6, 6.07) is 22.0. The van der Waals surface area contributed by atoms with Gasteiger partial charge in [-0.05, 0) is 60.5 Å². The summed E-state index contributed by atoms with van der Waals surface area (Å²) < 4.78 is 6.02. The van der Waals surface area contributed by atoms with Gasteiger partial charge in [-0.25, -0.2) is 4.98 Å². The van der Waals surface area contributed by atoms with Crippen LogP contribution in [-0.4, -0.2) is 40.4 Å². The largest absolute Gasteiger partial charge is 0.456 e. The summed E-state index contributed by atoms with van der Waals surface area (Å²) in [5.74, 6) is 1.00. The van der Waals surface area contributed by atoms with Crippen molar-refractivity contribution in [3.8, 4) is 17.6 Å². The van der Waals surface area contributed by atoms with Gasteiger partial charge >= 0.3 is 0 Å². The molecule has 9 heteroatoms. The van der Waals surface area contributed by atoms with Gasteiger partial charge in [-0.2, -0.15) is 5.26 Å². The summed E-state index contributed by atoms with van der Waals surface area (Å²) in [7, 11) is 0. The van der Waals surface area contributed by atoms with Crippen molar-refractivity contribution in [2.24, 2.45) is 0 Å². The number of H-pyrrole nitrogens is 1. The lowest BCUT2D eigenvalue weighted by atomic mass is 9.99. The summed E-state index contributed by atoms with van der Waals surface area (Å²) in [4.78, 5) is 24.5. The van der Waals surface area contributed by atoms with E-state index in [1.165, 1.54) is 0 Å². The second kappa shape index (κ2) is 11.1. The van der Waals surface area contributed by atoms with E-state index in [0.717, 1.165) is 16.9 Å². The maximum atomic E-state index is 13.2. The molecule has 2 heterocycles. The van der Waals surface area contributed by atoms with Crippen molar-refractivity contribution in [1.82, 2.24) is 14.9 Å². The number of ether oxygens (including phenoxy) is 1. The molecule has 1 fully saturated rings. The number of carbonyl (C=O) groups excluding carboxylic acids is 1. The van der Waals surface area contributed by atoms with Gasteiger partial charge in [-0.3, -0.25) is 9.69 Å². The molecule has 0 radical (unpaired) electrons. The number of nitriles is 1. The molecule has 1 saturated heterocycles. The molecule has 1 unspecified atom stereocenters. The average molecular weight is 532 g/mol. The first-order valence-corrected chi connectivity index (χ1v) is 12.5.